The van der Waals surface area contributed by atoms with Crippen molar-refractivity contribution in [3.8, 4) is 0 Å². The van der Waals surface area contributed by atoms with Crippen molar-refractivity contribution in [3.05, 3.63) is 48.6 Å². The summed E-state index contributed by atoms with van der Waals surface area (Å²) in [6, 6.07) is 0. The average Bonchev–Trinajstić information content (AvgIpc) is 3.09. The third-order valence-corrected chi connectivity index (χ3v) is 8.98. The van der Waals surface area contributed by atoms with Crippen LogP contribution in [0.25, 0.3) is 0 Å². The molecule has 0 aromatic heterocycles. The van der Waals surface area contributed by atoms with E-state index in [2.05, 4.69) is 55.7 Å². The van der Waals surface area contributed by atoms with Crippen molar-refractivity contribution in [1.82, 2.24) is 0 Å². The molecule has 11 heteroatoms. The Morgan fingerprint density at radius 3 is 1.60 bits per heavy atom. The van der Waals surface area contributed by atoms with E-state index >= 15 is 0 Å². The molecule has 0 aliphatic carbocycles. The highest BCUT2D eigenvalue weighted by atomic mass is 31.2. The Balaban J connectivity index is 4.19. The van der Waals surface area contributed by atoms with Crippen LogP contribution < -0.4 is 0 Å². The Bertz CT molecular complexity index is 1030. The normalized spacial score (nSPS) is 14.3. The first-order chi connectivity index (χ1) is 24.9. The maximum atomic E-state index is 12.4. The summed E-state index contributed by atoms with van der Waals surface area (Å²) in [7, 11) is -4.82. The van der Waals surface area contributed by atoms with Gasteiger partial charge in [0.2, 0.25) is 0 Å². The van der Waals surface area contributed by atoms with Crippen LogP contribution in [0.2, 0.25) is 0 Å². The molecule has 0 bridgehead atoms. The maximum Gasteiger partial charge on any atom is 0.469 e. The summed E-state index contributed by atoms with van der Waals surface area (Å²) in [5.74, 6) is -0.372. The quantitative estimate of drug-likeness (QED) is 0.0212. The van der Waals surface area contributed by atoms with Gasteiger partial charge in [-0.15, -0.1) is 0 Å². The molecule has 0 aliphatic rings. The molecule has 0 rings (SSSR count). The van der Waals surface area contributed by atoms with Crippen molar-refractivity contribution >= 4 is 19.8 Å². The Morgan fingerprint density at radius 1 is 0.596 bits per heavy atom. The number of unbranched alkanes of at least 4 members (excludes halogenated alkanes) is 11. The van der Waals surface area contributed by atoms with Crippen LogP contribution in [0.15, 0.2) is 48.6 Å². The van der Waals surface area contributed by atoms with E-state index < -0.39 is 51.3 Å². The number of aliphatic hydroxyl groups is 2. The number of aliphatic hydroxyl groups excluding tert-OH is 2. The van der Waals surface area contributed by atoms with Gasteiger partial charge in [-0.1, -0.05) is 146 Å². The van der Waals surface area contributed by atoms with Crippen LogP contribution in [-0.4, -0.2) is 63.5 Å². The van der Waals surface area contributed by atoms with Gasteiger partial charge in [0.05, 0.1) is 18.8 Å². The Hall–Kier alpha value is -2.07. The molecule has 0 saturated heterocycles. The zero-order valence-corrected chi connectivity index (χ0v) is 33.5. The van der Waals surface area contributed by atoms with Crippen LogP contribution in [0.1, 0.15) is 162 Å². The number of hydrogen-bond acceptors (Lipinski definition) is 8. The standard InChI is InChI=1S/C41H73O10P/c1-4-5-6-7-8-9-10-14-17-20-23-26-30-38(42)39(43)31-28-33-40(44)49-34-37(35-50-52(46,47)48)51-41(45)32-27-24-21-18-15-12-11-13-16-19-22-25-29-36(2)3/h5-6,8-9,14,17,23,26,36-39,42-43H,4,7,10-13,15-16,18-22,24-25,27-35H2,1-3H3,(H2,46,47,48)/b6-5-,9-8-,17-14-,26-23-/t37-,38+,39+/m1/s1. The molecule has 0 amide bonds. The first-order valence-electron chi connectivity index (χ1n) is 20.0. The van der Waals surface area contributed by atoms with Crippen molar-refractivity contribution in [1.29, 1.82) is 0 Å². The van der Waals surface area contributed by atoms with Crippen molar-refractivity contribution in [2.75, 3.05) is 13.2 Å². The lowest BCUT2D eigenvalue weighted by atomic mass is 10.0. The molecule has 52 heavy (non-hydrogen) atoms. The molecule has 0 aromatic carbocycles. The summed E-state index contributed by atoms with van der Waals surface area (Å²) in [6.07, 6.45) is 33.0. The molecule has 0 heterocycles. The van der Waals surface area contributed by atoms with Crippen molar-refractivity contribution in [3.63, 3.8) is 0 Å². The van der Waals surface area contributed by atoms with E-state index in [0.717, 1.165) is 50.9 Å². The Labute approximate surface area is 315 Å². The van der Waals surface area contributed by atoms with Crippen LogP contribution in [0.3, 0.4) is 0 Å². The number of esters is 2. The number of phosphoric ester groups is 1. The van der Waals surface area contributed by atoms with Crippen molar-refractivity contribution in [2.45, 2.75) is 180 Å². The third-order valence-electron chi connectivity index (χ3n) is 8.49. The number of carbonyl (C=O) groups excluding carboxylic acids is 2. The smallest absolute Gasteiger partial charge is 0.462 e. The topological polar surface area (TPSA) is 160 Å². The fraction of sp³-hybridized carbons (Fsp3) is 0.756. The molecular weight excluding hydrogens is 683 g/mol. The lowest BCUT2D eigenvalue weighted by Crippen LogP contribution is -2.29. The van der Waals surface area contributed by atoms with Crippen LogP contribution in [0.5, 0.6) is 0 Å². The summed E-state index contributed by atoms with van der Waals surface area (Å²) in [4.78, 5) is 42.8. The van der Waals surface area contributed by atoms with Crippen LogP contribution in [0.4, 0.5) is 0 Å². The second kappa shape index (κ2) is 34.7. The number of allylic oxidation sites excluding steroid dienone is 7. The second-order valence-corrected chi connectivity index (χ2v) is 15.3. The van der Waals surface area contributed by atoms with Gasteiger partial charge >= 0.3 is 19.8 Å². The number of hydrogen-bond donors (Lipinski definition) is 4. The van der Waals surface area contributed by atoms with E-state index in [1.807, 2.05) is 18.2 Å². The minimum atomic E-state index is -4.82. The number of carbonyl (C=O) groups is 2. The molecule has 0 radical (unpaired) electrons. The number of ether oxygens (including phenoxy) is 2. The first kappa shape index (κ1) is 49.9. The van der Waals surface area contributed by atoms with Gasteiger partial charge in [-0.2, -0.15) is 0 Å². The van der Waals surface area contributed by atoms with Crippen LogP contribution >= 0.6 is 7.82 Å². The van der Waals surface area contributed by atoms with E-state index in [9.17, 15) is 24.4 Å². The molecule has 0 aromatic rings. The van der Waals surface area contributed by atoms with Gasteiger partial charge in [0.25, 0.3) is 0 Å². The molecule has 10 nitrogen and oxygen atoms in total. The van der Waals surface area contributed by atoms with Gasteiger partial charge < -0.3 is 29.5 Å². The van der Waals surface area contributed by atoms with Crippen LogP contribution in [-0.2, 0) is 28.2 Å². The van der Waals surface area contributed by atoms with Gasteiger partial charge in [0.15, 0.2) is 6.10 Å². The predicted molar refractivity (Wildman–Crippen MR) is 209 cm³/mol. The highest BCUT2D eigenvalue weighted by Gasteiger charge is 2.23. The molecule has 0 saturated carbocycles. The number of phosphoric acid groups is 1. The summed E-state index contributed by atoms with van der Waals surface area (Å²) >= 11 is 0. The third kappa shape index (κ3) is 36.3. The summed E-state index contributed by atoms with van der Waals surface area (Å²) < 4.78 is 26.2. The van der Waals surface area contributed by atoms with Crippen molar-refractivity contribution in [2.24, 2.45) is 5.92 Å². The summed E-state index contributed by atoms with van der Waals surface area (Å²) in [5.41, 5.74) is 0. The summed E-state index contributed by atoms with van der Waals surface area (Å²) in [6.45, 7) is 5.63. The highest BCUT2D eigenvalue weighted by Crippen LogP contribution is 2.36. The number of rotatable bonds is 35. The predicted octanol–water partition coefficient (Wildman–Crippen LogP) is 9.76. The van der Waals surface area contributed by atoms with Gasteiger partial charge in [-0.25, -0.2) is 4.57 Å². The fourth-order valence-corrected chi connectivity index (χ4v) is 5.77. The second-order valence-electron chi connectivity index (χ2n) is 14.0. The van der Waals surface area contributed by atoms with E-state index in [1.165, 1.54) is 57.8 Å². The van der Waals surface area contributed by atoms with E-state index in [0.29, 0.717) is 6.42 Å². The zero-order chi connectivity index (χ0) is 38.7. The highest BCUT2D eigenvalue weighted by molar-refractivity contribution is 7.46. The molecule has 4 N–H and O–H groups in total. The fourth-order valence-electron chi connectivity index (χ4n) is 5.41. The minimum Gasteiger partial charge on any atom is -0.462 e. The molecule has 3 atom stereocenters. The Kier molecular flexibility index (Phi) is 33.3. The molecule has 0 unspecified atom stereocenters. The van der Waals surface area contributed by atoms with Gasteiger partial charge in [0.1, 0.15) is 6.61 Å². The summed E-state index contributed by atoms with van der Waals surface area (Å²) in [5, 5.41) is 20.5. The average molecular weight is 757 g/mol. The minimum absolute atomic E-state index is 0.0494. The largest absolute Gasteiger partial charge is 0.469 e. The van der Waals surface area contributed by atoms with Gasteiger partial charge in [0, 0.05) is 12.8 Å². The molecule has 0 aliphatic heterocycles. The monoisotopic (exact) mass is 756 g/mol. The van der Waals surface area contributed by atoms with Crippen LogP contribution in [0, 0.1) is 5.92 Å². The van der Waals surface area contributed by atoms with Gasteiger partial charge in [-0.3, -0.25) is 14.1 Å². The van der Waals surface area contributed by atoms with E-state index in [1.54, 1.807) is 0 Å². The maximum absolute atomic E-state index is 12.4. The lowest BCUT2D eigenvalue weighted by molar-refractivity contribution is -0.161. The SMILES string of the molecule is CC/C=C\C/C=C\C/C=C\C/C=C\C[C@H](O)[C@@H](O)CCCC(=O)OC[C@H](COP(=O)(O)O)OC(=O)CCCCCCCCCCCCCCC(C)C. The lowest BCUT2D eigenvalue weighted by Gasteiger charge is -2.19. The molecule has 0 fully saturated rings. The molecule has 0 spiro atoms. The Morgan fingerprint density at radius 2 is 1.08 bits per heavy atom. The zero-order valence-electron chi connectivity index (χ0n) is 32.6. The van der Waals surface area contributed by atoms with Gasteiger partial charge in [-0.05, 0) is 57.3 Å². The van der Waals surface area contributed by atoms with E-state index in [-0.39, 0.29) is 32.1 Å². The van der Waals surface area contributed by atoms with E-state index in [4.69, 9.17) is 19.3 Å². The first-order valence-corrected chi connectivity index (χ1v) is 21.5. The molecule has 302 valence electrons. The molecular formula is C41H73O10P. The van der Waals surface area contributed by atoms with Crippen molar-refractivity contribution < 1.29 is 48.2 Å².